The predicted molar refractivity (Wildman–Crippen MR) is 109 cm³/mol. The Morgan fingerprint density at radius 1 is 0.964 bits per heavy atom. The lowest BCUT2D eigenvalue weighted by Gasteiger charge is -2.13. The van der Waals surface area contributed by atoms with Crippen molar-refractivity contribution in [3.63, 3.8) is 0 Å². The Hall–Kier alpha value is -3.74. The highest BCUT2D eigenvalue weighted by molar-refractivity contribution is 6.04. The Labute approximate surface area is 162 Å². The van der Waals surface area contributed by atoms with Gasteiger partial charge in [0.2, 0.25) is 6.79 Å². The van der Waals surface area contributed by atoms with Gasteiger partial charge in [-0.15, -0.1) is 0 Å². The largest absolute Gasteiger partial charge is 0.454 e. The van der Waals surface area contributed by atoms with Gasteiger partial charge in [0.1, 0.15) is 5.82 Å². The fourth-order valence-electron chi connectivity index (χ4n) is 2.78. The minimum Gasteiger partial charge on any atom is -0.454 e. The molecule has 3 aromatic rings. The Bertz CT molecular complexity index is 986. The van der Waals surface area contributed by atoms with Crippen LogP contribution in [-0.2, 0) is 0 Å². The molecule has 1 aromatic heterocycles. The number of carbonyl (C=O) groups excluding carboxylic acids is 1. The fourth-order valence-corrected chi connectivity index (χ4v) is 2.78. The van der Waals surface area contributed by atoms with Crippen LogP contribution in [-0.4, -0.2) is 31.8 Å². The van der Waals surface area contributed by atoms with Crippen molar-refractivity contribution in [2.45, 2.75) is 0 Å². The Morgan fingerprint density at radius 2 is 1.71 bits per heavy atom. The molecule has 1 amide bonds. The van der Waals surface area contributed by atoms with E-state index >= 15 is 0 Å². The molecule has 2 N–H and O–H groups in total. The van der Waals surface area contributed by atoms with E-state index in [1.165, 1.54) is 0 Å². The maximum Gasteiger partial charge on any atom is 0.256 e. The second-order valence-electron chi connectivity index (χ2n) is 6.52. The predicted octanol–water partition coefficient (Wildman–Crippen LogP) is 3.87. The zero-order valence-corrected chi connectivity index (χ0v) is 15.6. The summed E-state index contributed by atoms with van der Waals surface area (Å²) in [6.45, 7) is 0.175. The molecule has 0 aliphatic carbocycles. The molecule has 0 radical (unpaired) electrons. The molecule has 28 heavy (non-hydrogen) atoms. The number of rotatable bonds is 5. The third kappa shape index (κ3) is 3.83. The van der Waals surface area contributed by atoms with E-state index in [0.717, 1.165) is 17.1 Å². The van der Waals surface area contributed by atoms with Crippen molar-refractivity contribution in [3.8, 4) is 11.5 Å². The topological polar surface area (TPSA) is 75.7 Å². The molecule has 0 saturated heterocycles. The third-order valence-electron chi connectivity index (χ3n) is 4.31. The van der Waals surface area contributed by atoms with Crippen molar-refractivity contribution in [1.82, 2.24) is 4.98 Å². The summed E-state index contributed by atoms with van der Waals surface area (Å²) in [7, 11) is 4.01. The van der Waals surface area contributed by atoms with Gasteiger partial charge >= 0.3 is 0 Å². The first kappa shape index (κ1) is 17.7. The molecule has 0 spiro atoms. The number of hydrogen-bond acceptors (Lipinski definition) is 6. The quantitative estimate of drug-likeness (QED) is 0.704. The number of anilines is 4. The van der Waals surface area contributed by atoms with Gasteiger partial charge in [-0.05, 0) is 54.6 Å². The summed E-state index contributed by atoms with van der Waals surface area (Å²) >= 11 is 0. The smallest absolute Gasteiger partial charge is 0.256 e. The van der Waals surface area contributed by atoms with E-state index < -0.39 is 0 Å². The van der Waals surface area contributed by atoms with Crippen LogP contribution in [0.25, 0.3) is 0 Å². The minimum atomic E-state index is -0.259. The average molecular weight is 376 g/mol. The number of ether oxygens (including phenoxy) is 2. The van der Waals surface area contributed by atoms with E-state index in [4.69, 9.17) is 9.47 Å². The molecule has 0 unspecified atom stereocenters. The number of nitrogens with one attached hydrogen (secondary N) is 2. The summed E-state index contributed by atoms with van der Waals surface area (Å²) in [5.74, 6) is 1.42. The fraction of sp³-hybridized carbons (Fsp3) is 0.143. The molecular formula is C21H20N4O3. The van der Waals surface area contributed by atoms with Gasteiger partial charge in [-0.1, -0.05) is 0 Å². The number of fused-ring (bicyclic) bond motifs is 1. The van der Waals surface area contributed by atoms with Crippen molar-refractivity contribution in [2.75, 3.05) is 36.4 Å². The van der Waals surface area contributed by atoms with Crippen molar-refractivity contribution in [3.05, 3.63) is 66.4 Å². The van der Waals surface area contributed by atoms with E-state index in [1.807, 2.05) is 49.3 Å². The van der Waals surface area contributed by atoms with Crippen LogP contribution in [0.4, 0.5) is 22.9 Å². The molecule has 142 valence electrons. The number of benzene rings is 2. The molecule has 0 atom stereocenters. The van der Waals surface area contributed by atoms with Crippen LogP contribution >= 0.6 is 0 Å². The lowest BCUT2D eigenvalue weighted by Crippen LogP contribution is -2.12. The van der Waals surface area contributed by atoms with Crippen LogP contribution in [0.5, 0.6) is 11.5 Å². The monoisotopic (exact) mass is 376 g/mol. The van der Waals surface area contributed by atoms with Crippen molar-refractivity contribution >= 4 is 28.8 Å². The molecule has 4 rings (SSSR count). The van der Waals surface area contributed by atoms with E-state index in [-0.39, 0.29) is 12.7 Å². The highest BCUT2D eigenvalue weighted by atomic mass is 16.7. The average Bonchev–Trinajstić information content (AvgIpc) is 3.17. The lowest BCUT2D eigenvalue weighted by molar-refractivity contribution is 0.102. The molecule has 1 aliphatic heterocycles. The van der Waals surface area contributed by atoms with Gasteiger partial charge in [-0.2, -0.15) is 0 Å². The summed E-state index contributed by atoms with van der Waals surface area (Å²) in [5, 5.41) is 6.07. The zero-order valence-electron chi connectivity index (χ0n) is 15.6. The molecular weight excluding hydrogens is 356 g/mol. The Balaban J connectivity index is 1.39. The SMILES string of the molecule is CN(C)c1ccc(Nc2ccc(NC(=O)c3ccc4c(c3)OCO4)nc2)cc1. The highest BCUT2D eigenvalue weighted by Gasteiger charge is 2.16. The van der Waals surface area contributed by atoms with E-state index in [0.29, 0.717) is 22.9 Å². The van der Waals surface area contributed by atoms with Crippen molar-refractivity contribution in [2.24, 2.45) is 0 Å². The summed E-state index contributed by atoms with van der Waals surface area (Å²) in [4.78, 5) is 18.8. The maximum absolute atomic E-state index is 12.4. The number of amides is 1. The number of nitrogens with zero attached hydrogens (tertiary/aromatic N) is 2. The maximum atomic E-state index is 12.4. The van der Waals surface area contributed by atoms with Gasteiger partial charge < -0.3 is 25.0 Å². The van der Waals surface area contributed by atoms with Crippen LogP contribution in [0.15, 0.2) is 60.8 Å². The molecule has 0 bridgehead atoms. The third-order valence-corrected chi connectivity index (χ3v) is 4.31. The van der Waals surface area contributed by atoms with E-state index in [2.05, 4.69) is 15.6 Å². The number of hydrogen-bond donors (Lipinski definition) is 2. The van der Waals surface area contributed by atoms with E-state index in [9.17, 15) is 4.79 Å². The molecule has 2 heterocycles. The first-order valence-electron chi connectivity index (χ1n) is 8.80. The summed E-state index contributed by atoms with van der Waals surface area (Å²) in [6.07, 6.45) is 1.68. The molecule has 0 saturated carbocycles. The van der Waals surface area contributed by atoms with Crippen LogP contribution in [0.1, 0.15) is 10.4 Å². The van der Waals surface area contributed by atoms with Gasteiger partial charge in [0, 0.05) is 31.0 Å². The van der Waals surface area contributed by atoms with Crippen LogP contribution in [0, 0.1) is 0 Å². The van der Waals surface area contributed by atoms with Crippen LogP contribution in [0.2, 0.25) is 0 Å². The minimum absolute atomic E-state index is 0.175. The van der Waals surface area contributed by atoms with E-state index in [1.54, 1.807) is 30.5 Å². The van der Waals surface area contributed by atoms with Crippen LogP contribution < -0.4 is 25.0 Å². The Morgan fingerprint density at radius 3 is 2.43 bits per heavy atom. The highest BCUT2D eigenvalue weighted by Crippen LogP contribution is 2.32. The van der Waals surface area contributed by atoms with Gasteiger partial charge in [-0.25, -0.2) is 4.98 Å². The second kappa shape index (κ2) is 7.48. The number of aromatic nitrogens is 1. The molecule has 2 aromatic carbocycles. The number of carbonyl (C=O) groups is 1. The summed E-state index contributed by atoms with van der Waals surface area (Å²) < 4.78 is 10.6. The summed E-state index contributed by atoms with van der Waals surface area (Å²) in [5.41, 5.74) is 3.41. The second-order valence-corrected chi connectivity index (χ2v) is 6.52. The Kier molecular flexibility index (Phi) is 4.72. The summed E-state index contributed by atoms with van der Waals surface area (Å²) in [6, 6.07) is 16.8. The van der Waals surface area contributed by atoms with Gasteiger partial charge in [0.05, 0.1) is 11.9 Å². The molecule has 7 heteroatoms. The molecule has 7 nitrogen and oxygen atoms in total. The van der Waals surface area contributed by atoms with Gasteiger partial charge in [0.15, 0.2) is 11.5 Å². The molecule has 1 aliphatic rings. The standard InChI is InChI=1S/C21H20N4O3/c1-25(2)17-7-4-15(5-8-17)23-16-6-10-20(22-12-16)24-21(26)14-3-9-18-19(11-14)28-13-27-18/h3-12,23H,13H2,1-2H3,(H,22,24,26). The van der Waals surface area contributed by atoms with Crippen molar-refractivity contribution in [1.29, 1.82) is 0 Å². The van der Waals surface area contributed by atoms with Gasteiger partial charge in [-0.3, -0.25) is 4.79 Å². The normalized spacial score (nSPS) is 11.8. The first-order valence-corrected chi connectivity index (χ1v) is 8.80. The van der Waals surface area contributed by atoms with Crippen molar-refractivity contribution < 1.29 is 14.3 Å². The first-order chi connectivity index (χ1) is 13.6. The van der Waals surface area contributed by atoms with Crippen LogP contribution in [0.3, 0.4) is 0 Å². The molecule has 0 fully saturated rings. The zero-order chi connectivity index (χ0) is 19.5. The number of pyridine rings is 1. The lowest BCUT2D eigenvalue weighted by atomic mass is 10.2. The van der Waals surface area contributed by atoms with Gasteiger partial charge in [0.25, 0.3) is 5.91 Å².